The summed E-state index contributed by atoms with van der Waals surface area (Å²) in [4.78, 5) is 5.50. The first-order valence-corrected chi connectivity index (χ1v) is 5.22. The maximum absolute atomic E-state index is 3.37. The summed E-state index contributed by atoms with van der Waals surface area (Å²) >= 11 is 0. The van der Waals surface area contributed by atoms with Gasteiger partial charge in [0.2, 0.25) is 0 Å². The lowest BCUT2D eigenvalue weighted by Gasteiger charge is -2.09. The molecule has 0 radical (unpaired) electrons. The van der Waals surface area contributed by atoms with Crippen molar-refractivity contribution in [1.29, 1.82) is 0 Å². The molecule has 0 saturated heterocycles. The Hall–Kier alpha value is -1.48. The smallest absolute Gasteiger partial charge is 0.104 e. The van der Waals surface area contributed by atoms with Crippen molar-refractivity contribution in [3.63, 3.8) is 0 Å². The summed E-state index contributed by atoms with van der Waals surface area (Å²) in [7, 11) is 4.15. The fourth-order valence-electron chi connectivity index (χ4n) is 1.58. The van der Waals surface area contributed by atoms with Crippen LogP contribution in [0.2, 0.25) is 0 Å². The van der Waals surface area contributed by atoms with Crippen LogP contribution in [0.15, 0.2) is 30.3 Å². The number of benzene rings is 1. The fourth-order valence-corrected chi connectivity index (χ4v) is 1.58. The zero-order valence-corrected chi connectivity index (χ0v) is 9.25. The van der Waals surface area contributed by atoms with Crippen LogP contribution in [0.1, 0.15) is 0 Å². The van der Waals surface area contributed by atoms with Crippen LogP contribution in [0, 0.1) is 0 Å². The van der Waals surface area contributed by atoms with Crippen molar-refractivity contribution >= 4 is 16.7 Å². The molecule has 0 unspecified atom stereocenters. The Bertz CT molecular complexity index is 398. The number of aromatic nitrogens is 1. The predicted octanol–water partition coefficient (Wildman–Crippen LogP) is 2.14. The third-order valence-electron chi connectivity index (χ3n) is 2.40. The number of nitrogens with zero attached hydrogens (tertiary/aromatic N) is 1. The number of nitrogens with one attached hydrogen (secondary N) is 2. The number of hydrogen-bond donors (Lipinski definition) is 2. The van der Waals surface area contributed by atoms with E-state index >= 15 is 0 Å². The molecule has 15 heavy (non-hydrogen) atoms. The van der Waals surface area contributed by atoms with Gasteiger partial charge in [-0.25, -0.2) is 0 Å². The quantitative estimate of drug-likeness (QED) is 0.797. The second-order valence-electron chi connectivity index (χ2n) is 4.00. The number of fused-ring (bicyclic) bond motifs is 1. The highest BCUT2D eigenvalue weighted by Gasteiger charge is 1.98. The molecule has 2 aromatic rings. The van der Waals surface area contributed by atoms with Crippen LogP contribution in [0.4, 0.5) is 5.82 Å². The van der Waals surface area contributed by atoms with Crippen LogP contribution < -0.4 is 5.32 Å². The molecule has 2 N–H and O–H groups in total. The molecule has 0 spiro atoms. The van der Waals surface area contributed by atoms with Crippen molar-refractivity contribution in [3.05, 3.63) is 30.3 Å². The molecule has 0 atom stereocenters. The standard InChI is InChI=1S/C12H17N3/c1-15(2)8-7-13-12-9-10-5-3-4-6-11(10)14-12/h3-6,9,13-14H,7-8H2,1-2H3. The molecule has 0 aliphatic heterocycles. The lowest BCUT2D eigenvalue weighted by molar-refractivity contribution is 0.425. The minimum absolute atomic E-state index is 0.958. The van der Waals surface area contributed by atoms with E-state index in [1.165, 1.54) is 10.9 Å². The topological polar surface area (TPSA) is 31.1 Å². The third kappa shape index (κ3) is 2.50. The van der Waals surface area contributed by atoms with Crippen LogP contribution >= 0.6 is 0 Å². The van der Waals surface area contributed by atoms with Gasteiger partial charge in [-0.05, 0) is 26.2 Å². The molecular weight excluding hydrogens is 186 g/mol. The predicted molar refractivity (Wildman–Crippen MR) is 65.3 cm³/mol. The molecule has 80 valence electrons. The van der Waals surface area contributed by atoms with Gasteiger partial charge in [0.15, 0.2) is 0 Å². The van der Waals surface area contributed by atoms with Crippen LogP contribution in [-0.4, -0.2) is 37.1 Å². The summed E-state index contributed by atoms with van der Waals surface area (Å²) in [5.41, 5.74) is 1.19. The molecule has 0 bridgehead atoms. The van der Waals surface area contributed by atoms with Gasteiger partial charge in [0.05, 0.1) is 0 Å². The van der Waals surface area contributed by atoms with E-state index in [1.54, 1.807) is 0 Å². The fraction of sp³-hybridized carbons (Fsp3) is 0.333. The highest BCUT2D eigenvalue weighted by atomic mass is 15.1. The molecule has 0 saturated carbocycles. The molecule has 1 aromatic heterocycles. The number of H-pyrrole nitrogens is 1. The first-order valence-electron chi connectivity index (χ1n) is 5.22. The van der Waals surface area contributed by atoms with E-state index in [9.17, 15) is 0 Å². The van der Waals surface area contributed by atoms with E-state index in [1.807, 2.05) is 6.07 Å². The van der Waals surface area contributed by atoms with Crippen molar-refractivity contribution in [2.24, 2.45) is 0 Å². The lowest BCUT2D eigenvalue weighted by atomic mass is 10.2. The van der Waals surface area contributed by atoms with Crippen molar-refractivity contribution < 1.29 is 0 Å². The minimum Gasteiger partial charge on any atom is -0.370 e. The summed E-state index contributed by atoms with van der Waals surface area (Å²) in [6.07, 6.45) is 0. The van der Waals surface area contributed by atoms with Gasteiger partial charge in [-0.15, -0.1) is 0 Å². The average Bonchev–Trinajstić information content (AvgIpc) is 2.59. The number of hydrogen-bond acceptors (Lipinski definition) is 2. The third-order valence-corrected chi connectivity index (χ3v) is 2.40. The van der Waals surface area contributed by atoms with Gasteiger partial charge in [-0.1, -0.05) is 18.2 Å². The lowest BCUT2D eigenvalue weighted by Crippen LogP contribution is -2.20. The Morgan fingerprint density at radius 2 is 2.07 bits per heavy atom. The highest BCUT2D eigenvalue weighted by Crippen LogP contribution is 2.17. The van der Waals surface area contributed by atoms with Gasteiger partial charge in [0.1, 0.15) is 5.82 Å². The molecule has 3 heteroatoms. The molecule has 0 fully saturated rings. The van der Waals surface area contributed by atoms with Crippen LogP contribution in [0.3, 0.4) is 0 Å². The van der Waals surface area contributed by atoms with Crippen molar-refractivity contribution in [3.8, 4) is 0 Å². The number of aromatic amines is 1. The Balaban J connectivity index is 2.03. The van der Waals surface area contributed by atoms with Crippen LogP contribution in [0.25, 0.3) is 10.9 Å². The molecule has 0 aliphatic carbocycles. The molecule has 1 heterocycles. The van der Waals surface area contributed by atoms with Gasteiger partial charge < -0.3 is 15.2 Å². The van der Waals surface area contributed by atoms with Crippen LogP contribution in [0.5, 0.6) is 0 Å². The van der Waals surface area contributed by atoms with E-state index in [4.69, 9.17) is 0 Å². The molecule has 0 aliphatic rings. The zero-order valence-electron chi connectivity index (χ0n) is 9.25. The summed E-state index contributed by atoms with van der Waals surface area (Å²) in [6, 6.07) is 10.4. The van der Waals surface area contributed by atoms with Crippen molar-refractivity contribution in [2.45, 2.75) is 0 Å². The van der Waals surface area contributed by atoms with Crippen molar-refractivity contribution in [1.82, 2.24) is 9.88 Å². The molecule has 2 rings (SSSR count). The Labute approximate surface area is 90.1 Å². The molecular formula is C12H17N3. The van der Waals surface area contributed by atoms with E-state index in [2.05, 4.69) is 53.6 Å². The van der Waals surface area contributed by atoms with Crippen molar-refractivity contribution in [2.75, 3.05) is 32.5 Å². The number of rotatable bonds is 4. The second kappa shape index (κ2) is 4.36. The normalized spacial score (nSPS) is 11.1. The first-order chi connectivity index (χ1) is 7.25. The maximum Gasteiger partial charge on any atom is 0.104 e. The molecule has 1 aromatic carbocycles. The molecule has 3 nitrogen and oxygen atoms in total. The van der Waals surface area contributed by atoms with Gasteiger partial charge in [0.25, 0.3) is 0 Å². The van der Waals surface area contributed by atoms with Gasteiger partial charge >= 0.3 is 0 Å². The summed E-state index contributed by atoms with van der Waals surface area (Å²) in [5, 5.41) is 4.62. The maximum atomic E-state index is 3.37. The summed E-state index contributed by atoms with van der Waals surface area (Å²) in [6.45, 7) is 2.00. The van der Waals surface area contributed by atoms with Gasteiger partial charge in [0, 0.05) is 24.0 Å². The molecule has 0 amide bonds. The minimum atomic E-state index is 0.958. The number of para-hydroxylation sites is 1. The highest BCUT2D eigenvalue weighted by molar-refractivity contribution is 5.83. The number of anilines is 1. The summed E-state index contributed by atoms with van der Waals surface area (Å²) < 4.78 is 0. The Kier molecular flexibility index (Phi) is 2.92. The van der Waals surface area contributed by atoms with E-state index in [0.29, 0.717) is 0 Å². The van der Waals surface area contributed by atoms with Crippen LogP contribution in [-0.2, 0) is 0 Å². The average molecular weight is 203 g/mol. The first kappa shape index (κ1) is 10.1. The Morgan fingerprint density at radius 3 is 2.80 bits per heavy atom. The van der Waals surface area contributed by atoms with E-state index in [-0.39, 0.29) is 0 Å². The van der Waals surface area contributed by atoms with Gasteiger partial charge in [-0.2, -0.15) is 0 Å². The number of likely N-dealkylation sites (N-methyl/N-ethyl adjacent to an activating group) is 1. The SMILES string of the molecule is CN(C)CCNc1cc2ccccc2[nH]1. The summed E-state index contributed by atoms with van der Waals surface area (Å²) in [5.74, 6) is 1.10. The second-order valence-corrected chi connectivity index (χ2v) is 4.00. The van der Waals surface area contributed by atoms with Gasteiger partial charge in [-0.3, -0.25) is 0 Å². The van der Waals surface area contributed by atoms with E-state index in [0.717, 1.165) is 18.9 Å². The monoisotopic (exact) mass is 203 g/mol. The Morgan fingerprint density at radius 1 is 1.27 bits per heavy atom. The van der Waals surface area contributed by atoms with E-state index < -0.39 is 0 Å². The largest absolute Gasteiger partial charge is 0.370 e. The zero-order chi connectivity index (χ0) is 10.7.